The summed E-state index contributed by atoms with van der Waals surface area (Å²) < 4.78 is 26.7. The summed E-state index contributed by atoms with van der Waals surface area (Å²) in [6, 6.07) is 9.00. The third kappa shape index (κ3) is 2.49. The standard InChI is InChI=1S/C13H13ClN4O2S/c14-12-5-11(6-16-13(12)17-15)21(19,20)18-7-9-3-1-2-4-10(9)8-18/h1-6H,7-8,15H2,(H,16,17). The molecule has 0 bridgehead atoms. The fraction of sp³-hybridized carbons (Fsp3) is 0.154. The molecule has 0 unspecified atom stereocenters. The Bertz CT molecular complexity index is 770. The van der Waals surface area contributed by atoms with E-state index in [4.69, 9.17) is 17.4 Å². The maximum atomic E-state index is 12.6. The minimum atomic E-state index is -3.64. The molecule has 21 heavy (non-hydrogen) atoms. The Hall–Kier alpha value is -1.67. The Labute approximate surface area is 127 Å². The zero-order valence-corrected chi connectivity index (χ0v) is 12.5. The van der Waals surface area contributed by atoms with Gasteiger partial charge in [-0.25, -0.2) is 19.2 Å². The third-order valence-electron chi connectivity index (χ3n) is 3.40. The summed E-state index contributed by atoms with van der Waals surface area (Å²) in [7, 11) is -3.64. The van der Waals surface area contributed by atoms with Crippen molar-refractivity contribution in [1.82, 2.24) is 9.29 Å². The molecular formula is C13H13ClN4O2S. The molecule has 3 rings (SSSR count). The summed E-state index contributed by atoms with van der Waals surface area (Å²) in [5.74, 6) is 5.47. The van der Waals surface area contributed by atoms with Gasteiger partial charge in [0.1, 0.15) is 4.90 Å². The number of nitrogen functional groups attached to an aromatic ring is 1. The highest BCUT2D eigenvalue weighted by atomic mass is 35.5. The minimum Gasteiger partial charge on any atom is -0.307 e. The third-order valence-corrected chi connectivity index (χ3v) is 5.45. The quantitative estimate of drug-likeness (QED) is 0.663. The fourth-order valence-corrected chi connectivity index (χ4v) is 3.94. The molecule has 110 valence electrons. The van der Waals surface area contributed by atoms with Crippen LogP contribution in [0.4, 0.5) is 5.82 Å². The molecule has 1 aromatic heterocycles. The van der Waals surface area contributed by atoms with Gasteiger partial charge in [-0.15, -0.1) is 0 Å². The van der Waals surface area contributed by atoms with E-state index in [0.717, 1.165) is 11.1 Å². The lowest BCUT2D eigenvalue weighted by atomic mass is 10.1. The normalized spacial score (nSPS) is 15.0. The average Bonchev–Trinajstić information content (AvgIpc) is 2.92. The number of hydrazine groups is 1. The van der Waals surface area contributed by atoms with E-state index >= 15 is 0 Å². The van der Waals surface area contributed by atoms with Crippen LogP contribution in [-0.2, 0) is 23.1 Å². The van der Waals surface area contributed by atoms with E-state index in [2.05, 4.69) is 10.4 Å². The summed E-state index contributed by atoms with van der Waals surface area (Å²) in [6.45, 7) is 0.708. The van der Waals surface area contributed by atoms with Crippen molar-refractivity contribution in [3.8, 4) is 0 Å². The summed E-state index contributed by atoms with van der Waals surface area (Å²) in [6.07, 6.45) is 1.25. The molecule has 0 saturated heterocycles. The van der Waals surface area contributed by atoms with Crippen LogP contribution >= 0.6 is 11.6 Å². The number of rotatable bonds is 3. The monoisotopic (exact) mass is 324 g/mol. The molecule has 0 saturated carbocycles. The number of pyridine rings is 1. The van der Waals surface area contributed by atoms with Crippen molar-refractivity contribution < 1.29 is 8.42 Å². The Morgan fingerprint density at radius 2 is 1.86 bits per heavy atom. The molecule has 0 spiro atoms. The number of aromatic nitrogens is 1. The Morgan fingerprint density at radius 3 is 2.38 bits per heavy atom. The van der Waals surface area contributed by atoms with Crippen LogP contribution in [0.1, 0.15) is 11.1 Å². The second-order valence-electron chi connectivity index (χ2n) is 4.69. The minimum absolute atomic E-state index is 0.0549. The number of nitrogens with one attached hydrogen (secondary N) is 1. The number of anilines is 1. The number of nitrogens with zero attached hydrogens (tertiary/aromatic N) is 2. The number of hydrogen-bond acceptors (Lipinski definition) is 5. The van der Waals surface area contributed by atoms with Crippen molar-refractivity contribution in [3.05, 3.63) is 52.7 Å². The van der Waals surface area contributed by atoms with Gasteiger partial charge in [-0.05, 0) is 17.2 Å². The lowest BCUT2D eigenvalue weighted by Gasteiger charge is -2.16. The molecule has 2 aromatic rings. The van der Waals surface area contributed by atoms with Crippen molar-refractivity contribution in [1.29, 1.82) is 0 Å². The number of hydrogen-bond donors (Lipinski definition) is 2. The molecule has 1 aliphatic heterocycles. The number of halogens is 1. The van der Waals surface area contributed by atoms with Gasteiger partial charge in [0.2, 0.25) is 10.0 Å². The number of benzene rings is 1. The first-order valence-corrected chi connectivity index (χ1v) is 8.03. The van der Waals surface area contributed by atoms with Gasteiger partial charge in [0.05, 0.1) is 5.02 Å². The van der Waals surface area contributed by atoms with Crippen LogP contribution in [0.15, 0.2) is 41.4 Å². The number of sulfonamides is 1. The summed E-state index contributed by atoms with van der Waals surface area (Å²) in [5, 5.41) is 0.162. The zero-order valence-electron chi connectivity index (χ0n) is 11.0. The molecule has 1 aliphatic rings. The molecule has 0 atom stereocenters. The predicted octanol–water partition coefficient (Wildman–Crippen LogP) is 1.73. The van der Waals surface area contributed by atoms with E-state index in [0.29, 0.717) is 13.1 Å². The SMILES string of the molecule is NNc1ncc(S(=O)(=O)N2Cc3ccccc3C2)cc1Cl. The highest BCUT2D eigenvalue weighted by Gasteiger charge is 2.31. The first-order chi connectivity index (χ1) is 10.0. The Kier molecular flexibility index (Phi) is 3.58. The van der Waals surface area contributed by atoms with E-state index in [1.54, 1.807) is 0 Å². The van der Waals surface area contributed by atoms with Crippen LogP contribution in [0.5, 0.6) is 0 Å². The van der Waals surface area contributed by atoms with E-state index < -0.39 is 10.0 Å². The van der Waals surface area contributed by atoms with E-state index in [-0.39, 0.29) is 15.7 Å². The lowest BCUT2D eigenvalue weighted by Crippen LogP contribution is -2.26. The highest BCUT2D eigenvalue weighted by molar-refractivity contribution is 7.89. The van der Waals surface area contributed by atoms with Gasteiger partial charge in [-0.1, -0.05) is 35.9 Å². The van der Waals surface area contributed by atoms with Crippen LogP contribution in [0, 0.1) is 0 Å². The molecule has 0 radical (unpaired) electrons. The maximum Gasteiger partial charge on any atom is 0.245 e. The molecule has 3 N–H and O–H groups in total. The van der Waals surface area contributed by atoms with Crippen LogP contribution in [0.2, 0.25) is 5.02 Å². The molecule has 0 fully saturated rings. The van der Waals surface area contributed by atoms with Gasteiger partial charge in [0, 0.05) is 19.3 Å². The first-order valence-electron chi connectivity index (χ1n) is 6.21. The topological polar surface area (TPSA) is 88.3 Å². The molecule has 1 aromatic carbocycles. The average molecular weight is 325 g/mol. The van der Waals surface area contributed by atoms with Crippen LogP contribution in [-0.4, -0.2) is 17.7 Å². The largest absolute Gasteiger partial charge is 0.307 e. The van der Waals surface area contributed by atoms with Crippen molar-refractivity contribution in [3.63, 3.8) is 0 Å². The van der Waals surface area contributed by atoms with Crippen molar-refractivity contribution in [2.24, 2.45) is 5.84 Å². The highest BCUT2D eigenvalue weighted by Crippen LogP contribution is 2.30. The van der Waals surface area contributed by atoms with Gasteiger partial charge in [0.15, 0.2) is 5.82 Å². The van der Waals surface area contributed by atoms with E-state index in [1.807, 2.05) is 24.3 Å². The lowest BCUT2D eigenvalue weighted by molar-refractivity contribution is 0.431. The predicted molar refractivity (Wildman–Crippen MR) is 79.9 cm³/mol. The molecule has 0 amide bonds. The van der Waals surface area contributed by atoms with Gasteiger partial charge in [-0.3, -0.25) is 0 Å². The first kappa shape index (κ1) is 14.3. The van der Waals surface area contributed by atoms with Gasteiger partial charge in [-0.2, -0.15) is 4.31 Å². The number of nitrogens with two attached hydrogens (primary N) is 1. The molecule has 2 heterocycles. The van der Waals surface area contributed by atoms with Gasteiger partial charge < -0.3 is 5.43 Å². The van der Waals surface area contributed by atoms with Crippen LogP contribution in [0.25, 0.3) is 0 Å². The van der Waals surface area contributed by atoms with E-state index in [9.17, 15) is 8.42 Å². The van der Waals surface area contributed by atoms with Gasteiger partial charge >= 0.3 is 0 Å². The fourth-order valence-electron chi connectivity index (χ4n) is 2.29. The molecule has 8 heteroatoms. The molecular weight excluding hydrogens is 312 g/mol. The summed E-state index contributed by atoms with van der Waals surface area (Å²) >= 11 is 5.94. The maximum absolute atomic E-state index is 12.6. The number of fused-ring (bicyclic) bond motifs is 1. The molecule has 0 aliphatic carbocycles. The van der Waals surface area contributed by atoms with Crippen molar-refractivity contribution in [2.45, 2.75) is 18.0 Å². The zero-order chi connectivity index (χ0) is 15.0. The van der Waals surface area contributed by atoms with Crippen LogP contribution in [0.3, 0.4) is 0 Å². The van der Waals surface area contributed by atoms with Crippen molar-refractivity contribution >= 4 is 27.4 Å². The summed E-state index contributed by atoms with van der Waals surface area (Å²) in [4.78, 5) is 3.96. The smallest absolute Gasteiger partial charge is 0.245 e. The molecule has 6 nitrogen and oxygen atoms in total. The van der Waals surface area contributed by atoms with Gasteiger partial charge in [0.25, 0.3) is 0 Å². The summed E-state index contributed by atoms with van der Waals surface area (Å²) in [5.41, 5.74) is 4.33. The Balaban J connectivity index is 1.94. The second kappa shape index (κ2) is 5.27. The Morgan fingerprint density at radius 1 is 1.24 bits per heavy atom. The van der Waals surface area contributed by atoms with Crippen LogP contribution < -0.4 is 11.3 Å². The second-order valence-corrected chi connectivity index (χ2v) is 7.03. The van der Waals surface area contributed by atoms with E-state index in [1.165, 1.54) is 16.6 Å². The van der Waals surface area contributed by atoms with Crippen molar-refractivity contribution in [2.75, 3.05) is 5.43 Å².